The lowest BCUT2D eigenvalue weighted by molar-refractivity contribution is 0.993. The molecule has 0 aromatic heterocycles. The van der Waals surface area contributed by atoms with Gasteiger partial charge in [-0.1, -0.05) is 6.07 Å². The van der Waals surface area contributed by atoms with Gasteiger partial charge in [-0.15, -0.1) is 0 Å². The molecule has 0 spiro atoms. The second-order valence-corrected chi connectivity index (χ2v) is 4.35. The number of thioether (sulfide) groups is 1. The lowest BCUT2D eigenvalue weighted by Crippen LogP contribution is -2.05. The Bertz CT molecular complexity index is 287. The van der Waals surface area contributed by atoms with E-state index < -0.39 is 0 Å². The van der Waals surface area contributed by atoms with Crippen LogP contribution in [0.2, 0.25) is 0 Å². The highest BCUT2D eigenvalue weighted by molar-refractivity contribution is 7.98. The van der Waals surface area contributed by atoms with Gasteiger partial charge in [0, 0.05) is 6.54 Å². The van der Waals surface area contributed by atoms with Crippen molar-refractivity contribution in [3.8, 4) is 0 Å². The zero-order chi connectivity index (χ0) is 10.4. The van der Waals surface area contributed by atoms with Crippen LogP contribution in [0.1, 0.15) is 12.0 Å². The van der Waals surface area contributed by atoms with Crippen molar-refractivity contribution in [3.63, 3.8) is 0 Å². The summed E-state index contributed by atoms with van der Waals surface area (Å²) in [6.07, 6.45) is 3.30. The van der Waals surface area contributed by atoms with Crippen LogP contribution in [0.3, 0.4) is 0 Å². The largest absolute Gasteiger partial charge is 0.397 e. The van der Waals surface area contributed by atoms with E-state index in [-0.39, 0.29) is 0 Å². The van der Waals surface area contributed by atoms with Gasteiger partial charge in [0.25, 0.3) is 0 Å². The van der Waals surface area contributed by atoms with Crippen LogP contribution in [0, 0.1) is 6.92 Å². The lowest BCUT2D eigenvalue weighted by atomic mass is 10.2. The smallest absolute Gasteiger partial charge is 0.0576 e. The maximum absolute atomic E-state index is 5.84. The van der Waals surface area contributed by atoms with E-state index in [4.69, 9.17) is 5.73 Å². The molecule has 2 nitrogen and oxygen atoms in total. The van der Waals surface area contributed by atoms with E-state index in [1.54, 1.807) is 0 Å². The molecule has 78 valence electrons. The predicted octanol–water partition coefficient (Wildman–Crippen LogP) is 2.74. The van der Waals surface area contributed by atoms with Crippen LogP contribution < -0.4 is 11.1 Å². The average molecular weight is 210 g/mol. The number of nitrogens with two attached hydrogens (primary N) is 1. The number of nitrogen functional groups attached to an aromatic ring is 1. The normalized spacial score (nSPS) is 10.1. The number of aryl methyl sites for hydroxylation is 1. The quantitative estimate of drug-likeness (QED) is 0.579. The number of benzene rings is 1. The van der Waals surface area contributed by atoms with Gasteiger partial charge >= 0.3 is 0 Å². The lowest BCUT2D eigenvalue weighted by Gasteiger charge is -2.09. The first-order valence-electron chi connectivity index (χ1n) is 4.83. The topological polar surface area (TPSA) is 38.0 Å². The molecule has 0 atom stereocenters. The zero-order valence-corrected chi connectivity index (χ0v) is 9.66. The van der Waals surface area contributed by atoms with Gasteiger partial charge < -0.3 is 11.1 Å². The van der Waals surface area contributed by atoms with Gasteiger partial charge in [0.15, 0.2) is 0 Å². The molecule has 1 rings (SSSR count). The van der Waals surface area contributed by atoms with Gasteiger partial charge in [0.1, 0.15) is 0 Å². The molecule has 0 aliphatic heterocycles. The third kappa shape index (κ3) is 3.50. The van der Waals surface area contributed by atoms with Crippen molar-refractivity contribution < 1.29 is 0 Å². The summed E-state index contributed by atoms with van der Waals surface area (Å²) in [6, 6.07) is 6.07. The molecule has 1 aromatic rings. The van der Waals surface area contributed by atoms with Crippen LogP contribution in [0.25, 0.3) is 0 Å². The molecule has 0 saturated heterocycles. The maximum Gasteiger partial charge on any atom is 0.0576 e. The summed E-state index contributed by atoms with van der Waals surface area (Å²) in [4.78, 5) is 0. The highest BCUT2D eigenvalue weighted by Crippen LogP contribution is 2.19. The Hall–Kier alpha value is -0.830. The summed E-state index contributed by atoms with van der Waals surface area (Å²) in [7, 11) is 0. The van der Waals surface area contributed by atoms with E-state index in [9.17, 15) is 0 Å². The third-order valence-electron chi connectivity index (χ3n) is 2.05. The second-order valence-electron chi connectivity index (χ2n) is 3.36. The minimum Gasteiger partial charge on any atom is -0.397 e. The Kier molecular flexibility index (Phi) is 4.66. The van der Waals surface area contributed by atoms with Gasteiger partial charge in [-0.05, 0) is 43.0 Å². The molecule has 0 unspecified atom stereocenters. The van der Waals surface area contributed by atoms with Crippen LogP contribution >= 0.6 is 11.8 Å². The standard InChI is InChI=1S/C11H18N2S/c1-9-4-5-10(12)11(8-9)13-6-3-7-14-2/h4-5,8,13H,3,6-7,12H2,1-2H3. The van der Waals surface area contributed by atoms with Gasteiger partial charge in [-0.3, -0.25) is 0 Å². The summed E-state index contributed by atoms with van der Waals surface area (Å²) in [5.74, 6) is 1.19. The number of nitrogens with one attached hydrogen (secondary N) is 1. The van der Waals surface area contributed by atoms with Crippen LogP contribution in [-0.2, 0) is 0 Å². The molecule has 1 aromatic carbocycles. The Morgan fingerprint density at radius 3 is 2.93 bits per heavy atom. The highest BCUT2D eigenvalue weighted by atomic mass is 32.2. The molecule has 0 heterocycles. The van der Waals surface area contributed by atoms with Crippen molar-refractivity contribution >= 4 is 23.1 Å². The van der Waals surface area contributed by atoms with E-state index in [0.717, 1.165) is 17.9 Å². The molecule has 0 bridgehead atoms. The fourth-order valence-electron chi connectivity index (χ4n) is 1.26. The maximum atomic E-state index is 5.84. The van der Waals surface area contributed by atoms with Crippen molar-refractivity contribution in [1.29, 1.82) is 0 Å². The van der Waals surface area contributed by atoms with Crippen LogP contribution in [0.5, 0.6) is 0 Å². The molecule has 0 saturated carbocycles. The Balaban J connectivity index is 2.45. The number of hydrogen-bond acceptors (Lipinski definition) is 3. The molecular formula is C11H18N2S. The summed E-state index contributed by atoms with van der Waals surface area (Å²) >= 11 is 1.87. The van der Waals surface area contributed by atoms with Crippen molar-refractivity contribution in [2.24, 2.45) is 0 Å². The average Bonchev–Trinajstić information content (AvgIpc) is 2.18. The second kappa shape index (κ2) is 5.81. The van der Waals surface area contributed by atoms with Crippen LogP contribution in [0.15, 0.2) is 18.2 Å². The zero-order valence-electron chi connectivity index (χ0n) is 8.84. The third-order valence-corrected chi connectivity index (χ3v) is 2.75. The van der Waals surface area contributed by atoms with Gasteiger partial charge in [0.05, 0.1) is 11.4 Å². The predicted molar refractivity (Wildman–Crippen MR) is 67.1 cm³/mol. The number of anilines is 2. The molecule has 14 heavy (non-hydrogen) atoms. The fourth-order valence-corrected chi connectivity index (χ4v) is 1.70. The van der Waals surface area contributed by atoms with E-state index in [1.165, 1.54) is 17.7 Å². The minimum atomic E-state index is 0.833. The van der Waals surface area contributed by atoms with Crippen molar-refractivity contribution in [3.05, 3.63) is 23.8 Å². The van der Waals surface area contributed by atoms with Crippen LogP contribution in [-0.4, -0.2) is 18.6 Å². The fraction of sp³-hybridized carbons (Fsp3) is 0.455. The molecule has 3 heteroatoms. The molecule has 0 aliphatic carbocycles. The van der Waals surface area contributed by atoms with E-state index >= 15 is 0 Å². The van der Waals surface area contributed by atoms with Gasteiger partial charge in [-0.25, -0.2) is 0 Å². The van der Waals surface area contributed by atoms with E-state index in [0.29, 0.717) is 0 Å². The first kappa shape index (κ1) is 11.2. The molecule has 0 fully saturated rings. The molecule has 0 radical (unpaired) electrons. The minimum absolute atomic E-state index is 0.833. The summed E-state index contributed by atoms with van der Waals surface area (Å²) < 4.78 is 0. The Labute approximate surface area is 90.3 Å². The molecule has 3 N–H and O–H groups in total. The van der Waals surface area contributed by atoms with Crippen molar-refractivity contribution in [1.82, 2.24) is 0 Å². The van der Waals surface area contributed by atoms with Crippen molar-refractivity contribution in [2.75, 3.05) is 29.6 Å². The Morgan fingerprint density at radius 1 is 1.43 bits per heavy atom. The van der Waals surface area contributed by atoms with Crippen molar-refractivity contribution in [2.45, 2.75) is 13.3 Å². The monoisotopic (exact) mass is 210 g/mol. The summed E-state index contributed by atoms with van der Waals surface area (Å²) in [5, 5.41) is 3.35. The van der Waals surface area contributed by atoms with Gasteiger partial charge in [-0.2, -0.15) is 11.8 Å². The number of hydrogen-bond donors (Lipinski definition) is 2. The van der Waals surface area contributed by atoms with E-state index in [1.807, 2.05) is 23.9 Å². The Morgan fingerprint density at radius 2 is 2.21 bits per heavy atom. The first-order chi connectivity index (χ1) is 6.74. The molecule has 0 aliphatic rings. The molecule has 0 amide bonds. The SMILES string of the molecule is CSCCCNc1cc(C)ccc1N. The van der Waals surface area contributed by atoms with E-state index in [2.05, 4.69) is 24.6 Å². The molecular weight excluding hydrogens is 192 g/mol. The number of rotatable bonds is 5. The first-order valence-corrected chi connectivity index (χ1v) is 6.22. The summed E-state index contributed by atoms with van der Waals surface area (Å²) in [5.41, 5.74) is 8.97. The highest BCUT2D eigenvalue weighted by Gasteiger charge is 1.97. The van der Waals surface area contributed by atoms with Crippen LogP contribution in [0.4, 0.5) is 11.4 Å². The summed E-state index contributed by atoms with van der Waals surface area (Å²) in [6.45, 7) is 3.07. The van der Waals surface area contributed by atoms with Gasteiger partial charge in [0.2, 0.25) is 0 Å².